The van der Waals surface area contributed by atoms with E-state index in [1.54, 1.807) is 71.6 Å². The fourth-order valence-electron chi connectivity index (χ4n) is 11.7. The van der Waals surface area contributed by atoms with Gasteiger partial charge < -0.3 is 79.0 Å². The second kappa shape index (κ2) is 50.5. The fourth-order valence-corrected chi connectivity index (χ4v) is 17.1. The number of carbonyl (C=O) groups is 5. The predicted octanol–water partition coefficient (Wildman–Crippen LogP) is 14.1. The van der Waals surface area contributed by atoms with Gasteiger partial charge in [-0.15, -0.1) is 50.4 Å². The molecule has 0 atom stereocenters. The highest BCUT2D eigenvalue weighted by molar-refractivity contribution is 7.88. The molecule has 59 nitrogen and oxygen atoms in total. The first-order chi connectivity index (χ1) is 68.8. The highest BCUT2D eigenvalue weighted by atomic mass is 32.3. The second-order valence-corrected chi connectivity index (χ2v) is 41.2. The first-order valence-electron chi connectivity index (χ1n) is 39.6. The van der Waals surface area contributed by atoms with Crippen LogP contribution in [0.1, 0.15) is 20.8 Å². The number of fused-ring (bicyclic) bond motifs is 1. The lowest BCUT2D eigenvalue weighted by Gasteiger charge is -2.13. The Bertz CT molecular complexity index is 8270. The minimum atomic E-state index is -4.89. The number of carbonyl (C=O) groups excluding carboxylic acids is 5. The van der Waals surface area contributed by atoms with Gasteiger partial charge in [-0.05, 0) is 175 Å². The Morgan fingerprint density at radius 2 is 0.561 bits per heavy atom. The van der Waals surface area contributed by atoms with Crippen molar-refractivity contribution in [1.29, 1.82) is 0 Å². The summed E-state index contributed by atoms with van der Waals surface area (Å²) in [4.78, 5) is 55.6. The standard InChI is InChI=1S/C20H20N4O11S3.C16H18N4O8S2.C15H16N4O7S2.C14H15N5O7S2.C14H15N5O4S/c1-10(25)22-13-8-15(21-2)17(32-3)9-14(13)23-24-16-6-11-12(7-18(16)33-34-35-36)20(38(29,30)31)5-4-19(11)37(26,27)28;1-9(21)18-11-7-13(17-2)15(28-3)8-12(11)19-20-14-6-10(29(22,23)24)4-5-16(14)30(25,26)27;1-9(20)17-13-7-10(16-2)3-5-12(13)18-19-14-8-11(27(21,22)23)4-6-15(14)28(24,25)26;1-16-8-2-4-10(12(6-8)17-14(15)20)18-19-11-5-3-9(27(21,22)23)7-13(11)28(24,25)26;1-16-10-4-7-12(13(8-10)17-14(15)20)19-18-9-2-5-11(6-3-9)24(21,22)23/h4-9,21,36H,1-3H3,(H,22,25)(H,26,27,28)(H,29,30,31);4-8,17H,1-3H3,(H,18,21)(H,22,23,24)(H,25,26,27);3-8,16H,1-2H3,(H,17,20)(H,21,22,23)(H,24,25,26);2-7,16H,1H3,(H3,15,17,20)(H,21,22,23)(H,24,25,26);2-8,16H,1H3,(H3,15,17,20)(H,21,22,23). The zero-order valence-corrected chi connectivity index (χ0v) is 85.3. The number of thiol groups is 1. The van der Waals surface area contributed by atoms with Gasteiger partial charge in [0.1, 0.15) is 87.2 Å². The Morgan fingerprint density at radius 1 is 0.270 bits per heavy atom. The van der Waals surface area contributed by atoms with Crippen molar-refractivity contribution in [2.45, 2.75) is 64.8 Å². The average molecular weight is 2250 g/mol. The summed E-state index contributed by atoms with van der Waals surface area (Å²) in [5, 5.41) is 69.0. The van der Waals surface area contributed by atoms with Crippen LogP contribution in [0.2, 0.25) is 0 Å². The molecule has 0 heterocycles. The number of amides is 7. The number of hydrogen-bond acceptors (Lipinski definition) is 44. The number of hydrogen-bond donors (Lipinski definition) is 22. The third-order valence-electron chi connectivity index (χ3n) is 18.2. The molecule has 7 amide bonds. The second-order valence-electron chi connectivity index (χ2n) is 28.4. The third-order valence-corrected chi connectivity index (χ3v) is 26.2. The van der Waals surface area contributed by atoms with Gasteiger partial charge in [-0.25, -0.2) is 9.59 Å². The number of nitrogens with one attached hydrogen (secondary N) is 10. The van der Waals surface area contributed by atoms with E-state index >= 15 is 0 Å². The van der Waals surface area contributed by atoms with Gasteiger partial charge in [0.15, 0.2) is 5.75 Å². The summed E-state index contributed by atoms with van der Waals surface area (Å²) < 4.78 is 305. The van der Waals surface area contributed by atoms with Gasteiger partial charge >= 0.3 is 12.1 Å². The minimum Gasteiger partial charge on any atom is -0.495 e. The van der Waals surface area contributed by atoms with Crippen LogP contribution in [0.4, 0.5) is 123 Å². The number of urea groups is 2. The molecule has 0 saturated carbocycles. The van der Waals surface area contributed by atoms with Crippen LogP contribution in [0, 0.1) is 0 Å². The Labute approximate surface area is 846 Å². The van der Waals surface area contributed by atoms with E-state index in [2.05, 4.69) is 127 Å². The van der Waals surface area contributed by atoms with Crippen molar-refractivity contribution in [3.8, 4) is 17.2 Å². The molecule has 0 aliphatic rings. The molecule has 11 aromatic carbocycles. The monoisotopic (exact) mass is 2250 g/mol. The lowest BCUT2D eigenvalue weighted by molar-refractivity contribution is -0.402. The van der Waals surface area contributed by atoms with E-state index in [1.807, 2.05) is 0 Å². The van der Waals surface area contributed by atoms with Crippen molar-refractivity contribution >= 4 is 258 Å². The fraction of sp³-hybridized carbons (Fsp3) is 0.127. The molecule has 0 radical (unpaired) electrons. The van der Waals surface area contributed by atoms with Crippen LogP contribution in [0.25, 0.3) is 10.8 Å². The molecule has 23 N–H and O–H groups in total. The normalized spacial score (nSPS) is 12.0. The Balaban J connectivity index is 0.000000252. The van der Waals surface area contributed by atoms with E-state index in [0.29, 0.717) is 57.4 Å². The van der Waals surface area contributed by atoms with Gasteiger partial charge in [0.25, 0.3) is 91.1 Å². The van der Waals surface area contributed by atoms with E-state index in [0.717, 1.165) is 78.5 Å². The number of anilines is 10. The number of nitrogens with zero attached hydrogens (tertiary/aromatic N) is 10. The molecule has 69 heteroatoms. The molecular weight excluding hydrogens is 2170 g/mol. The number of nitrogens with two attached hydrogens (primary N) is 2. The molecule has 0 aromatic heterocycles. The summed E-state index contributed by atoms with van der Waals surface area (Å²) in [5.41, 5.74) is 13.8. The summed E-state index contributed by atoms with van der Waals surface area (Å²) in [6.45, 7) is 3.81. The van der Waals surface area contributed by atoms with Crippen LogP contribution >= 0.6 is 12.9 Å². The first-order valence-corrected chi connectivity index (χ1v) is 53.0. The predicted molar refractivity (Wildman–Crippen MR) is 533 cm³/mol. The third kappa shape index (κ3) is 34.9. The topological polar surface area (TPSA) is 917 Å². The van der Waals surface area contributed by atoms with E-state index in [4.69, 9.17) is 39.5 Å². The molecular formula is C79H84N22O37S10. The largest absolute Gasteiger partial charge is 0.495 e. The maximum absolute atomic E-state index is 12.0. The van der Waals surface area contributed by atoms with Gasteiger partial charge in [0.05, 0.1) is 79.3 Å². The summed E-state index contributed by atoms with van der Waals surface area (Å²) in [7, 11) is -31.4. The number of benzene rings is 11. The lowest BCUT2D eigenvalue weighted by atomic mass is 10.1. The molecule has 11 aromatic rings. The lowest BCUT2D eigenvalue weighted by Crippen LogP contribution is -2.19. The van der Waals surface area contributed by atoms with E-state index in [9.17, 15) is 127 Å². The maximum Gasteiger partial charge on any atom is 0.316 e. The van der Waals surface area contributed by atoms with Crippen molar-refractivity contribution in [2.75, 3.05) is 103 Å². The smallest absolute Gasteiger partial charge is 0.316 e. The maximum atomic E-state index is 12.0. The van der Waals surface area contributed by atoms with Crippen LogP contribution in [0.5, 0.6) is 17.2 Å². The molecule has 0 saturated heterocycles. The zero-order chi connectivity index (χ0) is 111. The summed E-state index contributed by atoms with van der Waals surface area (Å²) in [6, 6.07) is 34.0. The number of azo groups is 5. The summed E-state index contributed by atoms with van der Waals surface area (Å²) >= 11 is 3.36. The van der Waals surface area contributed by atoms with Crippen LogP contribution in [0.3, 0.4) is 0 Å². The number of methoxy groups -OCH3 is 2. The van der Waals surface area contributed by atoms with Gasteiger partial charge in [-0.1, -0.05) is 0 Å². The van der Waals surface area contributed by atoms with Crippen LogP contribution in [0.15, 0.2) is 277 Å². The summed E-state index contributed by atoms with van der Waals surface area (Å²) in [5.74, 6) is -0.945. The zero-order valence-electron chi connectivity index (χ0n) is 77.0. The van der Waals surface area contributed by atoms with Crippen LogP contribution < -0.4 is 79.0 Å². The van der Waals surface area contributed by atoms with E-state index in [-0.39, 0.29) is 72.6 Å². The molecule has 0 bridgehead atoms. The number of rotatable bonds is 34. The molecule has 0 unspecified atom stereocenters. The molecule has 0 fully saturated rings. The molecule has 0 aliphatic carbocycles. The van der Waals surface area contributed by atoms with Crippen molar-refractivity contribution in [3.05, 3.63) is 182 Å². The van der Waals surface area contributed by atoms with Crippen molar-refractivity contribution in [1.82, 2.24) is 0 Å². The van der Waals surface area contributed by atoms with Gasteiger partial charge in [-0.2, -0.15) is 80.9 Å². The SMILES string of the molecule is CNc1cc(NC(C)=O)c(N=Nc2cc(S(=O)(=O)O)ccc2S(=O)(=O)O)cc1OC.CNc1cc(NC(C)=O)c(N=Nc2cc3c(S(=O)(=O)O)ccc(S(=O)(=O)O)c3cc2OOOS)cc1OC.CNc1ccc(N=Nc2cc(S(=O)(=O)O)ccc2S(=O)(=O)O)c(NC(C)=O)c1.CNc1ccc(N=Nc2ccc(S(=O)(=O)O)cc2)c(NC(N)=O)c1.CNc1ccc(N=Nc2ccc(S(=O)(=O)O)cc2S(=O)(=O)O)c(NC(N)=O)c1. The quantitative estimate of drug-likeness (QED) is 0.00445. The Kier molecular flexibility index (Phi) is 40.8. The molecule has 792 valence electrons. The van der Waals surface area contributed by atoms with Gasteiger partial charge in [-0.3, -0.25) is 55.4 Å². The van der Waals surface area contributed by atoms with Crippen molar-refractivity contribution in [3.63, 3.8) is 0 Å². The molecule has 0 aliphatic heterocycles. The average Bonchev–Trinajstić information content (AvgIpc) is 0.747. The van der Waals surface area contributed by atoms with Crippen LogP contribution in [-0.2, 0) is 115 Å². The Hall–Kier alpha value is -15.5. The first kappa shape index (κ1) is 119. The Morgan fingerprint density at radius 3 is 0.885 bits per heavy atom. The van der Waals surface area contributed by atoms with Gasteiger partial charge in [0, 0.05) is 109 Å². The number of primary amides is 2. The highest BCUT2D eigenvalue weighted by Gasteiger charge is 2.29. The van der Waals surface area contributed by atoms with Gasteiger partial charge in [0.2, 0.25) is 17.7 Å². The summed E-state index contributed by atoms with van der Waals surface area (Å²) in [6.07, 6.45) is 0. The molecule has 148 heavy (non-hydrogen) atoms. The van der Waals surface area contributed by atoms with E-state index in [1.165, 1.54) is 102 Å². The highest BCUT2D eigenvalue weighted by Crippen LogP contribution is 2.45. The van der Waals surface area contributed by atoms with Crippen molar-refractivity contribution < 1.29 is 164 Å². The van der Waals surface area contributed by atoms with Crippen molar-refractivity contribution in [2.24, 2.45) is 62.6 Å². The minimum absolute atomic E-state index is 0.0413. The molecule has 11 rings (SSSR count). The number of ether oxygens (including phenoxy) is 2. The molecule has 0 spiro atoms. The van der Waals surface area contributed by atoms with Crippen LogP contribution in [-0.4, -0.2) is 196 Å². The van der Waals surface area contributed by atoms with E-state index < -0.39 is 177 Å².